The molecule has 0 bridgehead atoms. The molecule has 2 unspecified atom stereocenters. The summed E-state index contributed by atoms with van der Waals surface area (Å²) in [5.74, 6) is -0.0713. The summed E-state index contributed by atoms with van der Waals surface area (Å²) in [6.07, 6.45) is 79.1. The predicted molar refractivity (Wildman–Crippen MR) is 319 cm³/mol. The average molecular weight is 1030 g/mol. The number of amides is 1. The van der Waals surface area contributed by atoms with E-state index in [1.807, 2.05) is 6.08 Å². The lowest BCUT2D eigenvalue weighted by Crippen LogP contribution is -2.45. The van der Waals surface area contributed by atoms with Gasteiger partial charge in [0.05, 0.1) is 25.4 Å². The van der Waals surface area contributed by atoms with Gasteiger partial charge in [-0.3, -0.25) is 9.59 Å². The molecule has 0 radical (unpaired) electrons. The van der Waals surface area contributed by atoms with Gasteiger partial charge in [-0.1, -0.05) is 320 Å². The number of allylic oxidation sites excluding steroid dienone is 5. The van der Waals surface area contributed by atoms with Crippen LogP contribution in [0.25, 0.3) is 0 Å². The Kier molecular flexibility index (Phi) is 61.0. The van der Waals surface area contributed by atoms with Gasteiger partial charge in [-0.15, -0.1) is 0 Å². The maximum atomic E-state index is 12.5. The Labute approximate surface area is 455 Å². The van der Waals surface area contributed by atoms with Crippen molar-refractivity contribution in [1.82, 2.24) is 5.32 Å². The normalized spacial score (nSPS) is 12.8. The first-order valence-corrected chi connectivity index (χ1v) is 32.8. The zero-order valence-electron chi connectivity index (χ0n) is 49.1. The van der Waals surface area contributed by atoms with Gasteiger partial charge in [0.2, 0.25) is 5.91 Å². The molecule has 0 aromatic carbocycles. The SMILES string of the molecule is CCCC/C=C\C/C=C\CCCCCCCC(=O)OCCCCCCCCCCCCCCCCCCCCCCC(=O)NC(CO)C(O)/C=C/CCCCCCCCCCCCCCCCCCCCCC. The topological polar surface area (TPSA) is 95.9 Å². The summed E-state index contributed by atoms with van der Waals surface area (Å²) in [4.78, 5) is 24.6. The number of nitrogens with one attached hydrogen (secondary N) is 1. The summed E-state index contributed by atoms with van der Waals surface area (Å²) in [5, 5.41) is 23.2. The van der Waals surface area contributed by atoms with Crippen LogP contribution in [0.5, 0.6) is 0 Å². The Morgan fingerprint density at radius 1 is 0.384 bits per heavy atom. The standard InChI is InChI=1S/C67H127NO5/c1-3-5-7-9-11-13-15-17-19-20-21-22-23-26-29-32-35-39-43-47-51-55-59-65(70)64(63-69)68-66(71)60-56-52-48-44-40-36-33-30-27-24-25-28-31-34-38-42-46-50-54-58-62-73-67(72)61-57-53-49-45-41-37-18-16-14-12-10-8-6-4-2/h10,12,16,18,55,59,64-65,69-70H,3-9,11,13-15,17,19-54,56-58,60-63H2,1-2H3,(H,68,71)/b12-10-,18-16-,59-55+. The quantitative estimate of drug-likeness (QED) is 0.0320. The second-order valence-corrected chi connectivity index (χ2v) is 22.5. The molecule has 430 valence electrons. The highest BCUT2D eigenvalue weighted by Gasteiger charge is 2.18. The van der Waals surface area contributed by atoms with E-state index in [2.05, 4.69) is 43.5 Å². The minimum atomic E-state index is -0.847. The van der Waals surface area contributed by atoms with Crippen LogP contribution in [0.3, 0.4) is 0 Å². The lowest BCUT2D eigenvalue weighted by Gasteiger charge is -2.20. The summed E-state index contributed by atoms with van der Waals surface area (Å²) in [6, 6.07) is -0.631. The first-order chi connectivity index (χ1) is 36.0. The van der Waals surface area contributed by atoms with Gasteiger partial charge in [0, 0.05) is 12.8 Å². The van der Waals surface area contributed by atoms with Crippen molar-refractivity contribution in [2.24, 2.45) is 0 Å². The molecule has 0 spiro atoms. The number of hydrogen-bond donors (Lipinski definition) is 3. The molecular weight excluding hydrogens is 899 g/mol. The number of carbonyl (C=O) groups excluding carboxylic acids is 2. The molecule has 0 aliphatic heterocycles. The number of hydrogen-bond acceptors (Lipinski definition) is 5. The number of carbonyl (C=O) groups is 2. The van der Waals surface area contributed by atoms with Crippen molar-refractivity contribution < 1.29 is 24.5 Å². The van der Waals surface area contributed by atoms with Gasteiger partial charge >= 0.3 is 5.97 Å². The van der Waals surface area contributed by atoms with Crippen LogP contribution >= 0.6 is 0 Å². The largest absolute Gasteiger partial charge is 0.466 e. The van der Waals surface area contributed by atoms with Crippen LogP contribution in [0.15, 0.2) is 36.5 Å². The maximum Gasteiger partial charge on any atom is 0.305 e. The zero-order chi connectivity index (χ0) is 52.9. The molecule has 3 N–H and O–H groups in total. The second-order valence-electron chi connectivity index (χ2n) is 22.5. The second kappa shape index (κ2) is 62.6. The molecule has 73 heavy (non-hydrogen) atoms. The molecule has 0 aliphatic rings. The molecule has 0 saturated carbocycles. The van der Waals surface area contributed by atoms with E-state index in [1.54, 1.807) is 6.08 Å². The lowest BCUT2D eigenvalue weighted by molar-refractivity contribution is -0.143. The van der Waals surface area contributed by atoms with Crippen LogP contribution in [-0.2, 0) is 14.3 Å². The number of esters is 1. The van der Waals surface area contributed by atoms with E-state index in [0.29, 0.717) is 19.4 Å². The van der Waals surface area contributed by atoms with Crippen molar-refractivity contribution >= 4 is 11.9 Å². The molecule has 0 rings (SSSR count). The van der Waals surface area contributed by atoms with E-state index in [4.69, 9.17) is 4.74 Å². The zero-order valence-corrected chi connectivity index (χ0v) is 49.1. The minimum Gasteiger partial charge on any atom is -0.466 e. The summed E-state index contributed by atoms with van der Waals surface area (Å²) in [7, 11) is 0. The fourth-order valence-electron chi connectivity index (χ4n) is 10.1. The Bertz CT molecular complexity index is 1180. The summed E-state index contributed by atoms with van der Waals surface area (Å²) in [6.45, 7) is 4.88. The molecule has 0 fully saturated rings. The Morgan fingerprint density at radius 3 is 1.08 bits per heavy atom. The lowest BCUT2D eigenvalue weighted by atomic mass is 10.0. The third-order valence-corrected chi connectivity index (χ3v) is 15.2. The van der Waals surface area contributed by atoms with E-state index >= 15 is 0 Å². The summed E-state index contributed by atoms with van der Waals surface area (Å²) >= 11 is 0. The van der Waals surface area contributed by atoms with Gasteiger partial charge in [-0.25, -0.2) is 0 Å². The van der Waals surface area contributed by atoms with Crippen molar-refractivity contribution in [2.75, 3.05) is 13.2 Å². The van der Waals surface area contributed by atoms with Gasteiger partial charge < -0.3 is 20.3 Å². The smallest absolute Gasteiger partial charge is 0.305 e. The van der Waals surface area contributed by atoms with E-state index in [1.165, 1.54) is 276 Å². The third kappa shape index (κ3) is 59.2. The number of aliphatic hydroxyl groups excluding tert-OH is 2. The molecular formula is C67H127NO5. The highest BCUT2D eigenvalue weighted by molar-refractivity contribution is 5.76. The molecule has 6 heteroatoms. The highest BCUT2D eigenvalue weighted by Crippen LogP contribution is 2.18. The van der Waals surface area contributed by atoms with Gasteiger partial charge in [0.25, 0.3) is 0 Å². The van der Waals surface area contributed by atoms with Gasteiger partial charge in [-0.05, 0) is 57.8 Å². The predicted octanol–water partition coefficient (Wildman–Crippen LogP) is 20.8. The molecule has 6 nitrogen and oxygen atoms in total. The summed E-state index contributed by atoms with van der Waals surface area (Å²) in [5.41, 5.74) is 0. The first-order valence-electron chi connectivity index (χ1n) is 32.8. The van der Waals surface area contributed by atoms with Crippen LogP contribution in [0.1, 0.15) is 354 Å². The molecule has 0 heterocycles. The number of rotatable bonds is 61. The Hall–Kier alpha value is -1.92. The fourth-order valence-corrected chi connectivity index (χ4v) is 10.1. The molecule has 0 aromatic heterocycles. The third-order valence-electron chi connectivity index (χ3n) is 15.2. The number of ether oxygens (including phenoxy) is 1. The Balaban J connectivity index is 3.43. The monoisotopic (exact) mass is 1030 g/mol. The van der Waals surface area contributed by atoms with Crippen LogP contribution in [0, 0.1) is 0 Å². The van der Waals surface area contributed by atoms with Crippen LogP contribution in [0.2, 0.25) is 0 Å². The van der Waals surface area contributed by atoms with Crippen LogP contribution < -0.4 is 5.32 Å². The molecule has 0 saturated heterocycles. The van der Waals surface area contributed by atoms with Crippen molar-refractivity contribution in [3.8, 4) is 0 Å². The van der Waals surface area contributed by atoms with Crippen molar-refractivity contribution in [1.29, 1.82) is 0 Å². The summed E-state index contributed by atoms with van der Waals surface area (Å²) < 4.78 is 5.47. The van der Waals surface area contributed by atoms with Crippen molar-refractivity contribution in [3.63, 3.8) is 0 Å². The van der Waals surface area contributed by atoms with E-state index < -0.39 is 12.1 Å². The van der Waals surface area contributed by atoms with Gasteiger partial charge in [0.15, 0.2) is 0 Å². The first kappa shape index (κ1) is 71.1. The number of aliphatic hydroxyl groups is 2. The molecule has 0 aromatic rings. The molecule has 2 atom stereocenters. The van der Waals surface area contributed by atoms with Gasteiger partial charge in [0.1, 0.15) is 0 Å². The van der Waals surface area contributed by atoms with Gasteiger partial charge in [-0.2, -0.15) is 0 Å². The molecule has 0 aliphatic carbocycles. The van der Waals surface area contributed by atoms with E-state index in [9.17, 15) is 19.8 Å². The average Bonchev–Trinajstić information content (AvgIpc) is 3.39. The fraction of sp³-hybridized carbons (Fsp3) is 0.881. The van der Waals surface area contributed by atoms with Crippen LogP contribution in [0.4, 0.5) is 0 Å². The van der Waals surface area contributed by atoms with E-state index in [-0.39, 0.29) is 18.5 Å². The van der Waals surface area contributed by atoms with Crippen molar-refractivity contribution in [2.45, 2.75) is 366 Å². The van der Waals surface area contributed by atoms with E-state index in [0.717, 1.165) is 51.4 Å². The van der Waals surface area contributed by atoms with Crippen molar-refractivity contribution in [3.05, 3.63) is 36.5 Å². The maximum absolute atomic E-state index is 12.5. The minimum absolute atomic E-state index is 0.00434. The highest BCUT2D eigenvalue weighted by atomic mass is 16.5. The number of unbranched alkanes of at least 4 members (excludes halogenated alkanes) is 46. The molecule has 1 amide bonds. The van der Waals surface area contributed by atoms with Crippen LogP contribution in [-0.4, -0.2) is 47.4 Å². The Morgan fingerprint density at radius 2 is 0.699 bits per heavy atom.